The van der Waals surface area contributed by atoms with E-state index in [-0.39, 0.29) is 40.9 Å². The predicted molar refractivity (Wildman–Crippen MR) is 87.5 cm³/mol. The fraction of sp³-hybridized carbons (Fsp3) is 0.625. The van der Waals surface area contributed by atoms with E-state index in [4.69, 9.17) is 0 Å². The lowest BCUT2D eigenvalue weighted by Gasteiger charge is -2.43. The molecule has 2 atom stereocenters. The molecule has 2 aliphatic heterocycles. The van der Waals surface area contributed by atoms with E-state index in [2.05, 4.69) is 9.88 Å². The van der Waals surface area contributed by atoms with Crippen molar-refractivity contribution in [3.63, 3.8) is 0 Å². The molecule has 1 N–H and O–H groups in total. The molecule has 2 saturated heterocycles. The van der Waals surface area contributed by atoms with Gasteiger partial charge in [0.15, 0.2) is 15.5 Å². The number of sulfone groups is 1. The summed E-state index contributed by atoms with van der Waals surface area (Å²) < 4.78 is 24.4. The van der Waals surface area contributed by atoms with Gasteiger partial charge in [-0.25, -0.2) is 13.4 Å². The third-order valence-electron chi connectivity index (χ3n) is 5.23. The highest BCUT2D eigenvalue weighted by Gasteiger charge is 2.49. The zero-order valence-electron chi connectivity index (χ0n) is 13.3. The van der Waals surface area contributed by atoms with Gasteiger partial charge in [-0.1, -0.05) is 0 Å². The van der Waals surface area contributed by atoms with Gasteiger partial charge in [-0.15, -0.1) is 0 Å². The Morgan fingerprint density at radius 1 is 1.25 bits per heavy atom. The Hall–Kier alpha value is -1.67. The maximum absolute atomic E-state index is 12.8. The van der Waals surface area contributed by atoms with Crippen LogP contribution in [0, 0.1) is 5.92 Å². The average Bonchev–Trinajstić information content (AvgIpc) is 3.28. The zero-order chi connectivity index (χ0) is 16.9. The molecule has 0 radical (unpaired) electrons. The molecule has 1 aliphatic carbocycles. The Kier molecular flexibility index (Phi) is 3.76. The Bertz CT molecular complexity index is 762. The lowest BCUT2D eigenvalue weighted by Crippen LogP contribution is -2.61. The smallest absolute Gasteiger partial charge is 0.276 e. The molecule has 8 heteroatoms. The number of fused-ring (bicyclic) bond motifs is 1. The number of piperazine rings is 1. The van der Waals surface area contributed by atoms with Gasteiger partial charge in [-0.05, 0) is 30.9 Å². The van der Waals surface area contributed by atoms with Crippen LogP contribution in [0.3, 0.4) is 0 Å². The summed E-state index contributed by atoms with van der Waals surface area (Å²) in [6, 6.07) is 2.49. The third-order valence-corrected chi connectivity index (χ3v) is 6.93. The predicted octanol–water partition coefficient (Wildman–Crippen LogP) is 0.121. The summed E-state index contributed by atoms with van der Waals surface area (Å²) in [5.41, 5.74) is -0.00353. The van der Waals surface area contributed by atoms with Crippen LogP contribution in [0.1, 0.15) is 23.3 Å². The van der Waals surface area contributed by atoms with E-state index in [1.54, 1.807) is 11.0 Å². The molecule has 0 bridgehead atoms. The van der Waals surface area contributed by atoms with Gasteiger partial charge in [-0.2, -0.15) is 0 Å². The van der Waals surface area contributed by atoms with Crippen molar-refractivity contribution in [2.24, 2.45) is 5.92 Å². The molecule has 4 rings (SSSR count). The molecule has 3 fully saturated rings. The first-order valence-electron chi connectivity index (χ1n) is 8.34. The van der Waals surface area contributed by atoms with Gasteiger partial charge in [0.25, 0.3) is 5.91 Å². The van der Waals surface area contributed by atoms with E-state index in [0.29, 0.717) is 19.0 Å². The molecule has 0 aromatic carbocycles. The number of aromatic hydroxyl groups is 1. The molecule has 7 nitrogen and oxygen atoms in total. The Morgan fingerprint density at radius 3 is 2.71 bits per heavy atom. The molecule has 3 heterocycles. The van der Waals surface area contributed by atoms with Crippen molar-refractivity contribution in [1.82, 2.24) is 14.8 Å². The van der Waals surface area contributed by atoms with E-state index in [9.17, 15) is 18.3 Å². The van der Waals surface area contributed by atoms with Gasteiger partial charge < -0.3 is 10.0 Å². The summed E-state index contributed by atoms with van der Waals surface area (Å²) in [5.74, 6) is 0.239. The first-order chi connectivity index (χ1) is 11.4. The van der Waals surface area contributed by atoms with E-state index >= 15 is 0 Å². The van der Waals surface area contributed by atoms with Crippen LogP contribution in [-0.2, 0) is 9.84 Å². The van der Waals surface area contributed by atoms with Gasteiger partial charge in [0.1, 0.15) is 5.75 Å². The lowest BCUT2D eigenvalue weighted by atomic mass is 10.0. The number of amides is 1. The van der Waals surface area contributed by atoms with Crippen molar-refractivity contribution in [2.75, 3.05) is 31.1 Å². The fourth-order valence-electron chi connectivity index (χ4n) is 3.83. The van der Waals surface area contributed by atoms with Crippen LogP contribution in [0.15, 0.2) is 18.3 Å². The minimum absolute atomic E-state index is 0.00182. The number of hydrogen-bond donors (Lipinski definition) is 1. The molecular formula is C16H21N3O4S. The van der Waals surface area contributed by atoms with E-state index in [1.807, 2.05) is 0 Å². The molecule has 1 saturated carbocycles. The standard InChI is InChI=1S/C16H21N3O4S/c20-14-2-1-5-17-15(14)16(21)19-7-6-18(8-11-3-4-11)12-9-24(22,23)10-13(12)19/h1-2,5,11-13,20H,3-4,6-10H2/t12-,13+/m1/s1. The summed E-state index contributed by atoms with van der Waals surface area (Å²) in [4.78, 5) is 20.6. The highest BCUT2D eigenvalue weighted by atomic mass is 32.2. The quantitative estimate of drug-likeness (QED) is 0.832. The molecule has 0 unspecified atom stereocenters. The number of rotatable bonds is 3. The van der Waals surface area contributed by atoms with Gasteiger partial charge in [0, 0.05) is 31.9 Å². The number of hydrogen-bond acceptors (Lipinski definition) is 6. The monoisotopic (exact) mass is 351 g/mol. The van der Waals surface area contributed by atoms with Crippen molar-refractivity contribution in [2.45, 2.75) is 24.9 Å². The maximum Gasteiger partial charge on any atom is 0.276 e. The highest BCUT2D eigenvalue weighted by molar-refractivity contribution is 7.91. The highest BCUT2D eigenvalue weighted by Crippen LogP contribution is 2.34. The maximum atomic E-state index is 12.8. The second-order valence-electron chi connectivity index (χ2n) is 7.02. The topological polar surface area (TPSA) is 90.8 Å². The van der Waals surface area contributed by atoms with Crippen LogP contribution in [0.5, 0.6) is 5.75 Å². The first-order valence-corrected chi connectivity index (χ1v) is 10.2. The SMILES string of the molecule is O=C(c1ncccc1O)N1CCN(CC2CC2)[C@@H]2CS(=O)(=O)C[C@@H]21. The summed E-state index contributed by atoms with van der Waals surface area (Å²) >= 11 is 0. The zero-order valence-corrected chi connectivity index (χ0v) is 14.2. The molecule has 130 valence electrons. The molecule has 0 spiro atoms. The molecule has 24 heavy (non-hydrogen) atoms. The number of aromatic nitrogens is 1. The van der Waals surface area contributed by atoms with Gasteiger partial charge in [0.05, 0.1) is 17.5 Å². The number of nitrogens with zero attached hydrogens (tertiary/aromatic N) is 3. The number of carbonyl (C=O) groups is 1. The fourth-order valence-corrected chi connectivity index (χ4v) is 5.85. The summed E-state index contributed by atoms with van der Waals surface area (Å²) in [6.45, 7) is 2.07. The van der Waals surface area contributed by atoms with Crippen LogP contribution in [-0.4, -0.2) is 77.4 Å². The van der Waals surface area contributed by atoms with Gasteiger partial charge in [0.2, 0.25) is 0 Å². The normalized spacial score (nSPS) is 29.4. The number of carbonyl (C=O) groups excluding carboxylic acids is 1. The molecule has 1 aromatic rings. The molecular weight excluding hydrogens is 330 g/mol. The van der Waals surface area contributed by atoms with Crippen molar-refractivity contribution in [3.8, 4) is 5.75 Å². The van der Waals surface area contributed by atoms with Crippen molar-refractivity contribution in [1.29, 1.82) is 0 Å². The van der Waals surface area contributed by atoms with Crippen molar-refractivity contribution in [3.05, 3.63) is 24.0 Å². The van der Waals surface area contributed by atoms with Crippen LogP contribution in [0.2, 0.25) is 0 Å². The molecule has 1 aromatic heterocycles. The Morgan fingerprint density at radius 2 is 2.00 bits per heavy atom. The minimum atomic E-state index is -3.15. The van der Waals surface area contributed by atoms with Gasteiger partial charge >= 0.3 is 0 Å². The Labute approximate surface area is 141 Å². The summed E-state index contributed by atoms with van der Waals surface area (Å²) in [6.07, 6.45) is 3.88. The van der Waals surface area contributed by atoms with E-state index in [1.165, 1.54) is 25.1 Å². The third kappa shape index (κ3) is 2.88. The van der Waals surface area contributed by atoms with Gasteiger partial charge in [-0.3, -0.25) is 9.69 Å². The largest absolute Gasteiger partial charge is 0.505 e. The van der Waals surface area contributed by atoms with Crippen LogP contribution in [0.4, 0.5) is 0 Å². The molecule has 1 amide bonds. The summed E-state index contributed by atoms with van der Waals surface area (Å²) in [7, 11) is -3.15. The first kappa shape index (κ1) is 15.8. The number of pyridine rings is 1. The van der Waals surface area contributed by atoms with E-state index < -0.39 is 9.84 Å². The van der Waals surface area contributed by atoms with Crippen molar-refractivity contribution < 1.29 is 18.3 Å². The van der Waals surface area contributed by atoms with Crippen LogP contribution < -0.4 is 0 Å². The van der Waals surface area contributed by atoms with Crippen molar-refractivity contribution >= 4 is 15.7 Å². The van der Waals surface area contributed by atoms with Crippen LogP contribution in [0.25, 0.3) is 0 Å². The van der Waals surface area contributed by atoms with E-state index in [0.717, 1.165) is 6.54 Å². The Balaban J connectivity index is 1.60. The average molecular weight is 351 g/mol. The second-order valence-corrected chi connectivity index (χ2v) is 9.17. The summed E-state index contributed by atoms with van der Waals surface area (Å²) in [5, 5.41) is 9.90. The van der Waals surface area contributed by atoms with Crippen LogP contribution >= 0.6 is 0 Å². The molecule has 3 aliphatic rings. The second kappa shape index (κ2) is 5.70. The lowest BCUT2D eigenvalue weighted by molar-refractivity contribution is 0.0311. The minimum Gasteiger partial charge on any atom is -0.505 e.